The molecule has 2 atom stereocenters. The Balaban J connectivity index is 2.23. The van der Waals surface area contributed by atoms with Crippen molar-refractivity contribution >= 4 is 27.8 Å². The van der Waals surface area contributed by atoms with Gasteiger partial charge in [0.2, 0.25) is 0 Å². The minimum Gasteiger partial charge on any atom is -0.465 e. The summed E-state index contributed by atoms with van der Waals surface area (Å²) in [5.74, 6) is -1.88. The lowest BCUT2D eigenvalue weighted by Crippen LogP contribution is -2.46. The molecule has 0 aliphatic carbocycles. The molecule has 0 aromatic heterocycles. The van der Waals surface area contributed by atoms with E-state index in [1.54, 1.807) is 48.2 Å². The summed E-state index contributed by atoms with van der Waals surface area (Å²) < 4.78 is 20.8. The van der Waals surface area contributed by atoms with E-state index < -0.39 is 23.7 Å². The van der Waals surface area contributed by atoms with E-state index in [-0.39, 0.29) is 12.5 Å². The molecule has 1 heterocycles. The van der Waals surface area contributed by atoms with Crippen LogP contribution in [0.25, 0.3) is 0 Å². The number of ether oxygens (including phenoxy) is 1. The van der Waals surface area contributed by atoms with Crippen LogP contribution in [0.3, 0.4) is 0 Å². The van der Waals surface area contributed by atoms with Crippen molar-refractivity contribution in [3.8, 4) is 0 Å². The predicted octanol–water partition coefficient (Wildman–Crippen LogP) is 4.84. The molecule has 142 valence electrons. The van der Waals surface area contributed by atoms with Crippen LogP contribution in [0.4, 0.5) is 4.39 Å². The molecule has 2 aromatic carbocycles. The van der Waals surface area contributed by atoms with E-state index in [9.17, 15) is 14.0 Å². The van der Waals surface area contributed by atoms with Gasteiger partial charge in [-0.15, -0.1) is 0 Å². The Morgan fingerprint density at radius 1 is 1.19 bits per heavy atom. The fourth-order valence-corrected chi connectivity index (χ4v) is 3.99. The van der Waals surface area contributed by atoms with E-state index in [0.29, 0.717) is 34.1 Å². The molecule has 0 saturated heterocycles. The molecule has 1 amide bonds. The van der Waals surface area contributed by atoms with E-state index in [1.807, 2.05) is 6.92 Å². The number of carbonyl (C=O) groups is 2. The highest BCUT2D eigenvalue weighted by Gasteiger charge is 2.45. The molecule has 1 aliphatic heterocycles. The summed E-state index contributed by atoms with van der Waals surface area (Å²) in [6.07, 6.45) is 0.693. The molecule has 1 aliphatic rings. The lowest BCUT2D eigenvalue weighted by molar-refractivity contribution is -0.146. The van der Waals surface area contributed by atoms with E-state index >= 15 is 0 Å². The molecule has 3 rings (SSSR count). The van der Waals surface area contributed by atoms with Crippen molar-refractivity contribution in [3.63, 3.8) is 0 Å². The molecule has 2 unspecified atom stereocenters. The van der Waals surface area contributed by atoms with Gasteiger partial charge in [-0.2, -0.15) is 0 Å². The van der Waals surface area contributed by atoms with Gasteiger partial charge in [0.15, 0.2) is 0 Å². The zero-order valence-electron chi connectivity index (χ0n) is 15.2. The van der Waals surface area contributed by atoms with E-state index in [4.69, 9.17) is 4.74 Å². The zero-order chi connectivity index (χ0) is 19.6. The molecule has 0 spiro atoms. The first-order valence-corrected chi connectivity index (χ1v) is 9.80. The molecular weight excluding hydrogens is 413 g/mol. The molecule has 27 heavy (non-hydrogen) atoms. The summed E-state index contributed by atoms with van der Waals surface area (Å²) in [6.45, 7) is 4.32. The average Bonchev–Trinajstić information content (AvgIpc) is 2.64. The molecule has 0 N–H and O–H groups in total. The molecule has 0 saturated carbocycles. The van der Waals surface area contributed by atoms with Crippen molar-refractivity contribution in [2.24, 2.45) is 0 Å². The first kappa shape index (κ1) is 19.5. The number of carbonyl (C=O) groups excluding carboxylic acids is 2. The highest BCUT2D eigenvalue weighted by Crippen LogP contribution is 2.44. The number of nitrogens with zero attached hydrogens (tertiary/aromatic N) is 1. The van der Waals surface area contributed by atoms with Crippen LogP contribution in [0.5, 0.6) is 0 Å². The maximum Gasteiger partial charge on any atom is 0.315 e. The van der Waals surface area contributed by atoms with Gasteiger partial charge in [0.25, 0.3) is 5.91 Å². The quantitative estimate of drug-likeness (QED) is 0.633. The summed E-state index contributed by atoms with van der Waals surface area (Å²) in [4.78, 5) is 27.6. The van der Waals surface area contributed by atoms with Crippen molar-refractivity contribution in [2.75, 3.05) is 13.2 Å². The SMILES string of the molecule is CCCN1C(=O)c2ccccc2C(C(=O)OCC)C1c1ccc(Br)cc1F. The second kappa shape index (κ2) is 8.21. The van der Waals surface area contributed by atoms with Gasteiger partial charge in [0.1, 0.15) is 11.7 Å². The Kier molecular flexibility index (Phi) is 5.95. The summed E-state index contributed by atoms with van der Waals surface area (Å²) in [5, 5.41) is 0. The normalized spacial score (nSPS) is 19.0. The Morgan fingerprint density at radius 2 is 1.93 bits per heavy atom. The van der Waals surface area contributed by atoms with E-state index in [0.717, 1.165) is 0 Å². The highest BCUT2D eigenvalue weighted by molar-refractivity contribution is 9.10. The number of hydrogen-bond donors (Lipinski definition) is 0. The van der Waals surface area contributed by atoms with Crippen LogP contribution in [-0.4, -0.2) is 29.9 Å². The van der Waals surface area contributed by atoms with Crippen LogP contribution in [0.15, 0.2) is 46.9 Å². The van der Waals surface area contributed by atoms with Gasteiger partial charge in [0.05, 0.1) is 12.6 Å². The van der Waals surface area contributed by atoms with Crippen LogP contribution >= 0.6 is 15.9 Å². The van der Waals surface area contributed by atoms with Crippen molar-refractivity contribution < 1.29 is 18.7 Å². The third kappa shape index (κ3) is 3.63. The monoisotopic (exact) mass is 433 g/mol. The summed E-state index contributed by atoms with van der Waals surface area (Å²) in [7, 11) is 0. The fourth-order valence-electron chi connectivity index (χ4n) is 3.65. The number of fused-ring (bicyclic) bond motifs is 1. The van der Waals surface area contributed by atoms with Gasteiger partial charge in [-0.1, -0.05) is 47.1 Å². The molecule has 4 nitrogen and oxygen atoms in total. The molecule has 2 aromatic rings. The van der Waals surface area contributed by atoms with Crippen molar-refractivity contribution in [3.05, 3.63) is 69.4 Å². The van der Waals surface area contributed by atoms with Gasteiger partial charge >= 0.3 is 5.97 Å². The molecule has 0 fully saturated rings. The summed E-state index contributed by atoms with van der Waals surface area (Å²) >= 11 is 3.26. The van der Waals surface area contributed by atoms with E-state index in [1.165, 1.54) is 6.07 Å². The first-order valence-electron chi connectivity index (χ1n) is 9.01. The largest absolute Gasteiger partial charge is 0.465 e. The zero-order valence-corrected chi connectivity index (χ0v) is 16.8. The maximum absolute atomic E-state index is 14.9. The van der Waals surface area contributed by atoms with Crippen LogP contribution < -0.4 is 0 Å². The average molecular weight is 434 g/mol. The number of halogens is 2. The third-order valence-corrected chi connectivity index (χ3v) is 5.22. The molecule has 0 radical (unpaired) electrons. The van der Waals surface area contributed by atoms with Gasteiger partial charge < -0.3 is 9.64 Å². The van der Waals surface area contributed by atoms with Crippen molar-refractivity contribution in [1.29, 1.82) is 0 Å². The molecular formula is C21H21BrFNO3. The number of esters is 1. The summed E-state index contributed by atoms with van der Waals surface area (Å²) in [5.41, 5.74) is 1.37. The minimum absolute atomic E-state index is 0.194. The van der Waals surface area contributed by atoms with Gasteiger partial charge in [-0.25, -0.2) is 4.39 Å². The lowest BCUT2D eigenvalue weighted by atomic mass is 9.79. The predicted molar refractivity (Wildman–Crippen MR) is 104 cm³/mol. The maximum atomic E-state index is 14.9. The fraction of sp³-hybridized carbons (Fsp3) is 0.333. The van der Waals surface area contributed by atoms with Crippen molar-refractivity contribution in [2.45, 2.75) is 32.2 Å². The number of benzene rings is 2. The number of hydrogen-bond acceptors (Lipinski definition) is 3. The molecule has 6 heteroatoms. The summed E-state index contributed by atoms with van der Waals surface area (Å²) in [6, 6.07) is 11.0. The molecule has 0 bridgehead atoms. The van der Waals surface area contributed by atoms with E-state index in [2.05, 4.69) is 15.9 Å². The lowest BCUT2D eigenvalue weighted by Gasteiger charge is -2.41. The van der Waals surface area contributed by atoms with Gasteiger partial charge in [-0.05, 0) is 37.1 Å². The number of rotatable bonds is 5. The van der Waals surface area contributed by atoms with Crippen LogP contribution in [0.1, 0.15) is 53.7 Å². The standard InChI is InChI=1S/C21H21BrFNO3/c1-3-11-24-19(16-10-9-13(22)12-17(16)23)18(21(26)27-4-2)14-7-5-6-8-15(14)20(24)25/h5-10,12,18-19H,3-4,11H2,1-2H3. The first-order chi connectivity index (χ1) is 13.0. The van der Waals surface area contributed by atoms with Crippen LogP contribution in [0, 0.1) is 5.82 Å². The van der Waals surface area contributed by atoms with Crippen LogP contribution in [-0.2, 0) is 9.53 Å². The minimum atomic E-state index is -0.777. The topological polar surface area (TPSA) is 46.6 Å². The highest BCUT2D eigenvalue weighted by atomic mass is 79.9. The Morgan fingerprint density at radius 3 is 2.59 bits per heavy atom. The second-order valence-electron chi connectivity index (χ2n) is 6.43. The van der Waals surface area contributed by atoms with Gasteiger partial charge in [0, 0.05) is 22.1 Å². The smallest absolute Gasteiger partial charge is 0.315 e. The van der Waals surface area contributed by atoms with Crippen LogP contribution in [0.2, 0.25) is 0 Å². The van der Waals surface area contributed by atoms with Crippen molar-refractivity contribution in [1.82, 2.24) is 4.90 Å². The third-order valence-electron chi connectivity index (χ3n) is 4.72. The van der Waals surface area contributed by atoms with Gasteiger partial charge in [-0.3, -0.25) is 9.59 Å². The Hall–Kier alpha value is -2.21. The number of amides is 1. The Labute approximate surface area is 166 Å². The Bertz CT molecular complexity index is 870. The second-order valence-corrected chi connectivity index (χ2v) is 7.34.